The number of thiophene rings is 1. The Morgan fingerprint density at radius 2 is 2.16 bits per heavy atom. The highest BCUT2D eigenvalue weighted by Gasteiger charge is 2.10. The largest absolute Gasteiger partial charge is 0.283 e. The van der Waals surface area contributed by atoms with E-state index in [1.807, 2.05) is 23.6 Å². The van der Waals surface area contributed by atoms with Crippen molar-refractivity contribution in [3.63, 3.8) is 0 Å². The van der Waals surface area contributed by atoms with Crippen molar-refractivity contribution in [2.45, 2.75) is 9.10 Å². The first kappa shape index (κ1) is 13.9. The van der Waals surface area contributed by atoms with Crippen molar-refractivity contribution in [2.24, 2.45) is 0 Å². The van der Waals surface area contributed by atoms with Crippen LogP contribution in [0.3, 0.4) is 0 Å². The van der Waals surface area contributed by atoms with Gasteiger partial charge in [-0.1, -0.05) is 17.8 Å². The number of nitrogens with zero attached hydrogens (tertiary/aromatic N) is 1. The van der Waals surface area contributed by atoms with Gasteiger partial charge in [-0.25, -0.2) is 8.42 Å². The van der Waals surface area contributed by atoms with Crippen molar-refractivity contribution in [1.29, 1.82) is 5.26 Å². The molecular formula is C12H10N2O2S3. The number of nitrogens with one attached hydrogen (secondary N) is 1. The van der Waals surface area contributed by atoms with E-state index in [-0.39, 0.29) is 0 Å². The Bertz CT molecular complexity index is 716. The van der Waals surface area contributed by atoms with Gasteiger partial charge in [-0.15, -0.1) is 11.3 Å². The molecule has 0 fully saturated rings. The van der Waals surface area contributed by atoms with Crippen LogP contribution >= 0.6 is 23.1 Å². The third-order valence-electron chi connectivity index (χ3n) is 2.11. The molecule has 0 saturated carbocycles. The molecule has 1 aromatic heterocycles. The smallest absolute Gasteiger partial charge is 0.229 e. The summed E-state index contributed by atoms with van der Waals surface area (Å²) in [5.74, 6) is 0. The highest BCUT2D eigenvalue weighted by molar-refractivity contribution is 8.01. The van der Waals surface area contributed by atoms with Crippen molar-refractivity contribution in [3.05, 3.63) is 41.3 Å². The quantitative estimate of drug-likeness (QED) is 0.942. The summed E-state index contributed by atoms with van der Waals surface area (Å²) in [5, 5.41) is 10.9. The number of anilines is 1. The molecule has 1 N–H and O–H groups in total. The maximum absolute atomic E-state index is 11.3. The monoisotopic (exact) mass is 310 g/mol. The maximum Gasteiger partial charge on any atom is 0.229 e. The zero-order chi connectivity index (χ0) is 13.9. The molecule has 0 saturated heterocycles. The van der Waals surface area contributed by atoms with Gasteiger partial charge in [-0.2, -0.15) is 5.26 Å². The number of hydrogen-bond donors (Lipinski definition) is 1. The lowest BCUT2D eigenvalue weighted by Crippen LogP contribution is -2.10. The second kappa shape index (κ2) is 5.65. The molecule has 98 valence electrons. The van der Waals surface area contributed by atoms with Gasteiger partial charge < -0.3 is 0 Å². The van der Waals surface area contributed by atoms with Crippen molar-refractivity contribution in [1.82, 2.24) is 0 Å². The van der Waals surface area contributed by atoms with Gasteiger partial charge >= 0.3 is 0 Å². The van der Waals surface area contributed by atoms with E-state index in [4.69, 9.17) is 5.26 Å². The summed E-state index contributed by atoms with van der Waals surface area (Å²) in [5.41, 5.74) is 0.984. The number of sulfonamides is 1. The number of rotatable bonds is 4. The van der Waals surface area contributed by atoms with E-state index in [0.717, 1.165) is 10.5 Å². The van der Waals surface area contributed by atoms with Crippen molar-refractivity contribution >= 4 is 38.8 Å². The first-order valence-corrected chi connectivity index (χ1v) is 8.80. The Morgan fingerprint density at radius 1 is 1.37 bits per heavy atom. The van der Waals surface area contributed by atoms with Gasteiger partial charge in [0.05, 0.1) is 27.8 Å². The molecule has 19 heavy (non-hydrogen) atoms. The molecule has 2 rings (SSSR count). The van der Waals surface area contributed by atoms with Crippen molar-refractivity contribution in [3.8, 4) is 6.07 Å². The maximum atomic E-state index is 11.3. The van der Waals surface area contributed by atoms with Crippen LogP contribution in [0.2, 0.25) is 0 Å². The average Bonchev–Trinajstić information content (AvgIpc) is 2.82. The van der Waals surface area contributed by atoms with Crippen LogP contribution < -0.4 is 4.72 Å². The molecule has 1 aromatic carbocycles. The predicted octanol–water partition coefficient (Wildman–Crippen LogP) is 3.14. The van der Waals surface area contributed by atoms with Crippen LogP contribution in [0.15, 0.2) is 44.8 Å². The third kappa shape index (κ3) is 3.99. The highest BCUT2D eigenvalue weighted by atomic mass is 32.2. The van der Waals surface area contributed by atoms with Gasteiger partial charge in [-0.3, -0.25) is 4.72 Å². The van der Waals surface area contributed by atoms with Crippen LogP contribution in [0.1, 0.15) is 5.56 Å². The molecule has 0 unspecified atom stereocenters. The van der Waals surface area contributed by atoms with E-state index in [1.54, 1.807) is 29.5 Å². The molecule has 0 aliphatic heterocycles. The second-order valence-electron chi connectivity index (χ2n) is 3.73. The average molecular weight is 310 g/mol. The Labute approximate surface area is 120 Å². The summed E-state index contributed by atoms with van der Waals surface area (Å²) in [6, 6.07) is 10.8. The van der Waals surface area contributed by atoms with E-state index in [0.29, 0.717) is 16.1 Å². The summed E-state index contributed by atoms with van der Waals surface area (Å²) < 4.78 is 26.1. The van der Waals surface area contributed by atoms with Crippen LogP contribution in [0.5, 0.6) is 0 Å². The fourth-order valence-corrected chi connectivity index (χ4v) is 3.89. The summed E-state index contributed by atoms with van der Waals surface area (Å²) in [6.45, 7) is 0. The molecule has 0 bridgehead atoms. The fraction of sp³-hybridized carbons (Fsp3) is 0.0833. The van der Waals surface area contributed by atoms with Crippen LogP contribution in [0.25, 0.3) is 0 Å². The van der Waals surface area contributed by atoms with Gasteiger partial charge in [0.2, 0.25) is 10.0 Å². The molecule has 1 heterocycles. The summed E-state index contributed by atoms with van der Waals surface area (Å²) >= 11 is 2.99. The zero-order valence-electron chi connectivity index (χ0n) is 9.95. The summed E-state index contributed by atoms with van der Waals surface area (Å²) in [4.78, 5) is 0.715. The van der Waals surface area contributed by atoms with Crippen LogP contribution in [-0.2, 0) is 10.0 Å². The molecule has 0 aliphatic rings. The van der Waals surface area contributed by atoms with Gasteiger partial charge in [0.1, 0.15) is 0 Å². The zero-order valence-corrected chi connectivity index (χ0v) is 12.4. The predicted molar refractivity (Wildman–Crippen MR) is 78.1 cm³/mol. The summed E-state index contributed by atoms with van der Waals surface area (Å²) in [7, 11) is -3.34. The van der Waals surface area contributed by atoms with E-state index in [1.165, 1.54) is 11.8 Å². The fourth-order valence-electron chi connectivity index (χ4n) is 1.39. The van der Waals surface area contributed by atoms with E-state index >= 15 is 0 Å². The van der Waals surface area contributed by atoms with E-state index < -0.39 is 10.0 Å². The van der Waals surface area contributed by atoms with Gasteiger partial charge in [0, 0.05) is 4.90 Å². The standard InChI is InChI=1S/C12H10N2O2S3/c1-19(15,16)14-10-5-4-9(8-13)7-11(10)18-12-3-2-6-17-12/h2-7,14H,1H3. The second-order valence-corrected chi connectivity index (χ2v) is 7.77. The molecule has 0 amide bonds. The lowest BCUT2D eigenvalue weighted by atomic mass is 10.2. The Kier molecular flexibility index (Phi) is 4.14. The Morgan fingerprint density at radius 3 is 2.74 bits per heavy atom. The molecule has 0 radical (unpaired) electrons. The number of benzene rings is 1. The minimum atomic E-state index is -3.34. The first-order chi connectivity index (χ1) is 8.98. The molecule has 0 atom stereocenters. The topological polar surface area (TPSA) is 70.0 Å². The molecule has 0 spiro atoms. The van der Waals surface area contributed by atoms with Crippen molar-refractivity contribution < 1.29 is 8.42 Å². The lowest BCUT2D eigenvalue weighted by molar-refractivity contribution is 0.606. The van der Waals surface area contributed by atoms with Gasteiger partial charge in [-0.05, 0) is 29.6 Å². The van der Waals surface area contributed by atoms with Gasteiger partial charge in [0.25, 0.3) is 0 Å². The third-order valence-corrected chi connectivity index (χ3v) is 4.80. The SMILES string of the molecule is CS(=O)(=O)Nc1ccc(C#N)cc1Sc1cccs1. The van der Waals surface area contributed by atoms with E-state index in [9.17, 15) is 8.42 Å². The summed E-state index contributed by atoms with van der Waals surface area (Å²) in [6.07, 6.45) is 1.10. The normalized spacial score (nSPS) is 10.9. The Hall–Kier alpha value is -1.49. The van der Waals surface area contributed by atoms with Crippen LogP contribution in [0.4, 0.5) is 5.69 Å². The minimum Gasteiger partial charge on any atom is -0.283 e. The van der Waals surface area contributed by atoms with E-state index in [2.05, 4.69) is 4.72 Å². The molecule has 2 aromatic rings. The molecular weight excluding hydrogens is 300 g/mol. The highest BCUT2D eigenvalue weighted by Crippen LogP contribution is 2.36. The minimum absolute atomic E-state index is 0.486. The first-order valence-electron chi connectivity index (χ1n) is 5.21. The lowest BCUT2D eigenvalue weighted by Gasteiger charge is -2.09. The molecule has 7 heteroatoms. The van der Waals surface area contributed by atoms with Crippen LogP contribution in [-0.4, -0.2) is 14.7 Å². The Balaban J connectivity index is 2.40. The number of nitriles is 1. The van der Waals surface area contributed by atoms with Crippen LogP contribution in [0, 0.1) is 11.3 Å². The molecule has 0 aliphatic carbocycles. The number of hydrogen-bond acceptors (Lipinski definition) is 5. The van der Waals surface area contributed by atoms with Gasteiger partial charge in [0.15, 0.2) is 0 Å². The van der Waals surface area contributed by atoms with Crippen molar-refractivity contribution in [2.75, 3.05) is 11.0 Å². The molecule has 4 nitrogen and oxygen atoms in total.